The Bertz CT molecular complexity index is 441. The van der Waals surface area contributed by atoms with Crippen LogP contribution < -0.4 is 4.90 Å². The van der Waals surface area contributed by atoms with E-state index < -0.39 is 0 Å². The third-order valence-corrected chi connectivity index (χ3v) is 4.29. The average molecular weight is 269 g/mol. The number of halogens is 1. The lowest BCUT2D eigenvalue weighted by atomic mass is 10.00. The zero-order chi connectivity index (χ0) is 12.7. The number of anilines is 1. The fraction of sp³-hybridized carbons (Fsp3) is 0.615. The molecule has 0 aromatic carbocycles. The summed E-state index contributed by atoms with van der Waals surface area (Å²) in [6, 6.07) is 2.47. The van der Waals surface area contributed by atoms with E-state index in [1.54, 1.807) is 12.3 Å². The van der Waals surface area contributed by atoms with Gasteiger partial charge in [-0.3, -0.25) is 0 Å². The first-order chi connectivity index (χ1) is 8.69. The van der Waals surface area contributed by atoms with Crippen molar-refractivity contribution in [1.29, 1.82) is 0 Å². The molecule has 3 rings (SSSR count). The van der Waals surface area contributed by atoms with Crippen LogP contribution in [0.2, 0.25) is 5.02 Å². The summed E-state index contributed by atoms with van der Waals surface area (Å²) < 4.78 is 0. The zero-order valence-electron chi connectivity index (χ0n) is 10.1. The lowest BCUT2D eigenvalue weighted by Crippen LogP contribution is -2.45. The lowest BCUT2D eigenvalue weighted by Gasteiger charge is -2.38. The Morgan fingerprint density at radius 3 is 2.56 bits per heavy atom. The molecule has 1 aromatic heterocycles. The van der Waals surface area contributed by atoms with Gasteiger partial charge in [0.2, 0.25) is 0 Å². The van der Waals surface area contributed by atoms with E-state index in [0.717, 1.165) is 37.1 Å². The number of nitrogens with zero attached hydrogens (tertiary/aromatic N) is 2. The molecule has 4 nitrogen and oxygen atoms in total. The van der Waals surface area contributed by atoms with Gasteiger partial charge in [0.1, 0.15) is 5.82 Å². The van der Waals surface area contributed by atoms with Crippen LogP contribution in [0.15, 0.2) is 12.3 Å². The van der Waals surface area contributed by atoms with Crippen LogP contribution in [-0.4, -0.2) is 33.4 Å². The summed E-state index contributed by atoms with van der Waals surface area (Å²) in [4.78, 5) is 6.65. The molecule has 2 fully saturated rings. The Hall–Kier alpha value is -0.840. The number of pyridine rings is 1. The van der Waals surface area contributed by atoms with E-state index in [2.05, 4.69) is 9.88 Å². The minimum absolute atomic E-state index is 0.0431. The number of hydrogen-bond donors (Lipinski definition) is 2. The van der Waals surface area contributed by atoms with Gasteiger partial charge < -0.3 is 15.1 Å². The normalized spacial score (nSPS) is 30.8. The summed E-state index contributed by atoms with van der Waals surface area (Å²) in [5, 5.41) is 19.5. The number of rotatable bonds is 2. The number of aromatic nitrogens is 1. The molecule has 98 valence electrons. The van der Waals surface area contributed by atoms with Crippen molar-refractivity contribution >= 4 is 17.4 Å². The largest absolute Gasteiger partial charge is 0.393 e. The highest BCUT2D eigenvalue weighted by Gasteiger charge is 2.41. The molecule has 0 amide bonds. The third-order valence-electron chi connectivity index (χ3n) is 4.01. The topological polar surface area (TPSA) is 56.6 Å². The highest BCUT2D eigenvalue weighted by atomic mass is 35.5. The van der Waals surface area contributed by atoms with Crippen LogP contribution in [0, 0.1) is 0 Å². The van der Waals surface area contributed by atoms with Crippen LogP contribution in [0.3, 0.4) is 0 Å². The molecule has 2 aliphatic rings. The van der Waals surface area contributed by atoms with Crippen molar-refractivity contribution in [3.8, 4) is 0 Å². The predicted molar refractivity (Wildman–Crippen MR) is 69.7 cm³/mol. The minimum Gasteiger partial charge on any atom is -0.393 e. The summed E-state index contributed by atoms with van der Waals surface area (Å²) in [6.07, 6.45) is 5.29. The molecule has 18 heavy (non-hydrogen) atoms. The molecule has 0 radical (unpaired) electrons. The zero-order valence-corrected chi connectivity index (χ0v) is 10.8. The average Bonchev–Trinajstić information content (AvgIpc) is 2.61. The number of hydrogen-bond acceptors (Lipinski definition) is 4. The maximum Gasteiger partial charge on any atom is 0.147 e. The quantitative estimate of drug-likeness (QED) is 0.858. The van der Waals surface area contributed by atoms with E-state index in [1.165, 1.54) is 0 Å². The summed E-state index contributed by atoms with van der Waals surface area (Å²) in [5.74, 6) is 0.799. The summed E-state index contributed by atoms with van der Waals surface area (Å²) in [5.41, 5.74) is 0.730. The van der Waals surface area contributed by atoms with Crippen molar-refractivity contribution < 1.29 is 10.2 Å². The molecular formula is C13H17ClN2O2. The Labute approximate surface area is 111 Å². The van der Waals surface area contributed by atoms with Gasteiger partial charge in [-0.25, -0.2) is 4.98 Å². The van der Waals surface area contributed by atoms with Gasteiger partial charge in [-0.05, 0) is 37.3 Å². The van der Waals surface area contributed by atoms with Gasteiger partial charge in [0, 0.05) is 18.3 Å². The van der Waals surface area contributed by atoms with Gasteiger partial charge in [-0.2, -0.15) is 0 Å². The molecule has 0 aliphatic carbocycles. The minimum atomic E-state index is -0.186. The van der Waals surface area contributed by atoms with E-state index in [0.29, 0.717) is 17.1 Å². The smallest absolute Gasteiger partial charge is 0.147 e. The molecule has 2 aliphatic heterocycles. The molecule has 1 aromatic rings. The van der Waals surface area contributed by atoms with Gasteiger partial charge in [0.15, 0.2) is 0 Å². The van der Waals surface area contributed by atoms with Crippen molar-refractivity contribution in [3.63, 3.8) is 0 Å². The summed E-state index contributed by atoms with van der Waals surface area (Å²) >= 11 is 6.26. The van der Waals surface area contributed by atoms with Crippen LogP contribution in [0.1, 0.15) is 31.2 Å². The number of aliphatic hydroxyl groups excluding tert-OH is 2. The van der Waals surface area contributed by atoms with Crippen LogP contribution >= 0.6 is 11.6 Å². The molecule has 0 saturated carbocycles. The van der Waals surface area contributed by atoms with Gasteiger partial charge in [-0.15, -0.1) is 0 Å². The molecular weight excluding hydrogens is 252 g/mol. The van der Waals surface area contributed by atoms with Crippen molar-refractivity contribution in [2.75, 3.05) is 4.90 Å². The second-order valence-electron chi connectivity index (χ2n) is 5.22. The van der Waals surface area contributed by atoms with Crippen molar-refractivity contribution in [2.24, 2.45) is 0 Å². The monoisotopic (exact) mass is 268 g/mol. The highest BCUT2D eigenvalue weighted by molar-refractivity contribution is 6.33. The predicted octanol–water partition coefficient (Wildman–Crippen LogP) is 1.72. The first-order valence-electron chi connectivity index (χ1n) is 6.40. The van der Waals surface area contributed by atoms with E-state index in [-0.39, 0.29) is 12.7 Å². The number of piperidine rings is 1. The first kappa shape index (κ1) is 12.2. The van der Waals surface area contributed by atoms with E-state index in [1.807, 2.05) is 0 Å². The molecule has 2 atom stereocenters. The third kappa shape index (κ3) is 1.98. The van der Waals surface area contributed by atoms with E-state index >= 15 is 0 Å². The Morgan fingerprint density at radius 2 is 2.00 bits per heavy atom. The standard InChI is InChI=1S/C13H17ClN2O2/c14-12-3-8(7-17)6-15-13(12)16-9-1-2-10(16)5-11(18)4-9/h3,6,9-11,17-18H,1-2,4-5,7H2. The molecule has 2 bridgehead atoms. The van der Waals surface area contributed by atoms with Gasteiger partial charge >= 0.3 is 0 Å². The van der Waals surface area contributed by atoms with Crippen molar-refractivity contribution in [3.05, 3.63) is 22.8 Å². The first-order valence-corrected chi connectivity index (χ1v) is 6.78. The maximum absolute atomic E-state index is 9.79. The SMILES string of the molecule is OCc1cnc(N2C3CCC2CC(O)C3)c(Cl)c1. The molecule has 2 unspecified atom stereocenters. The van der Waals surface area contributed by atoms with Gasteiger partial charge in [-0.1, -0.05) is 11.6 Å². The van der Waals surface area contributed by atoms with Crippen LogP contribution in [-0.2, 0) is 6.61 Å². The Balaban J connectivity index is 1.91. The van der Waals surface area contributed by atoms with Crippen LogP contribution in [0.5, 0.6) is 0 Å². The van der Waals surface area contributed by atoms with Crippen molar-refractivity contribution in [2.45, 2.75) is 50.5 Å². The summed E-state index contributed by atoms with van der Waals surface area (Å²) in [6.45, 7) is -0.0431. The van der Waals surface area contributed by atoms with Crippen LogP contribution in [0.4, 0.5) is 5.82 Å². The molecule has 5 heteroatoms. The van der Waals surface area contributed by atoms with Gasteiger partial charge in [0.25, 0.3) is 0 Å². The second-order valence-corrected chi connectivity index (χ2v) is 5.63. The van der Waals surface area contributed by atoms with Crippen molar-refractivity contribution in [1.82, 2.24) is 4.98 Å². The molecule has 3 heterocycles. The molecule has 2 saturated heterocycles. The fourth-order valence-electron chi connectivity index (χ4n) is 3.24. The van der Waals surface area contributed by atoms with E-state index in [9.17, 15) is 5.11 Å². The Kier molecular flexibility index (Phi) is 3.18. The highest BCUT2D eigenvalue weighted by Crippen LogP contribution is 2.40. The Morgan fingerprint density at radius 1 is 1.33 bits per heavy atom. The van der Waals surface area contributed by atoms with Gasteiger partial charge in [0.05, 0.1) is 17.7 Å². The number of aliphatic hydroxyl groups is 2. The molecule has 2 N–H and O–H groups in total. The second kappa shape index (κ2) is 4.68. The number of fused-ring (bicyclic) bond motifs is 2. The summed E-state index contributed by atoms with van der Waals surface area (Å²) in [7, 11) is 0. The maximum atomic E-state index is 9.79. The molecule has 0 spiro atoms. The van der Waals surface area contributed by atoms with E-state index in [4.69, 9.17) is 16.7 Å². The fourth-order valence-corrected chi connectivity index (χ4v) is 3.53. The lowest BCUT2D eigenvalue weighted by molar-refractivity contribution is 0.126. The van der Waals surface area contributed by atoms with Crippen LogP contribution in [0.25, 0.3) is 0 Å².